The van der Waals surface area contributed by atoms with Crippen molar-refractivity contribution in [2.24, 2.45) is 5.92 Å². The second kappa shape index (κ2) is 8.42. The van der Waals surface area contributed by atoms with Crippen molar-refractivity contribution >= 4 is 46.5 Å². The lowest BCUT2D eigenvalue weighted by atomic mass is 9.96. The van der Waals surface area contributed by atoms with Crippen LogP contribution in [0.25, 0.3) is 0 Å². The first-order valence-corrected chi connectivity index (χ1v) is 9.50. The summed E-state index contributed by atoms with van der Waals surface area (Å²) in [5.41, 5.74) is 0.950. The molecule has 26 heavy (non-hydrogen) atoms. The number of anilines is 1. The minimum Gasteiger partial charge on any atom is -0.354 e. The third-order valence-electron chi connectivity index (χ3n) is 4.49. The van der Waals surface area contributed by atoms with Crippen molar-refractivity contribution < 1.29 is 4.79 Å². The highest BCUT2D eigenvalue weighted by molar-refractivity contribution is 6.42. The molecule has 0 saturated carbocycles. The molecule has 1 amide bonds. The lowest BCUT2D eigenvalue weighted by Gasteiger charge is -2.34. The summed E-state index contributed by atoms with van der Waals surface area (Å²) in [7, 11) is 1.81. The van der Waals surface area contributed by atoms with E-state index in [0.29, 0.717) is 28.3 Å². The van der Waals surface area contributed by atoms with Gasteiger partial charge in [0.25, 0.3) is 0 Å². The van der Waals surface area contributed by atoms with Crippen LogP contribution in [-0.4, -0.2) is 41.1 Å². The molecule has 0 spiro atoms. The maximum absolute atomic E-state index is 12.9. The van der Waals surface area contributed by atoms with Crippen molar-refractivity contribution in [3.05, 3.63) is 51.1 Å². The fraction of sp³-hybridized carbons (Fsp3) is 0.389. The highest BCUT2D eigenvalue weighted by Gasteiger charge is 2.28. The quantitative estimate of drug-likeness (QED) is 0.749. The number of nitrogens with zero attached hydrogens (tertiary/aromatic N) is 4. The van der Waals surface area contributed by atoms with Gasteiger partial charge in [-0.3, -0.25) is 4.79 Å². The van der Waals surface area contributed by atoms with Gasteiger partial charge < -0.3 is 9.80 Å². The number of carbonyl (C=O) groups excluding carboxylic acids is 1. The van der Waals surface area contributed by atoms with Gasteiger partial charge in [0, 0.05) is 26.7 Å². The first kappa shape index (κ1) is 19.2. The Bertz CT molecular complexity index is 785. The molecule has 1 aliphatic rings. The van der Waals surface area contributed by atoms with Gasteiger partial charge in [-0.05, 0) is 42.7 Å². The van der Waals surface area contributed by atoms with Crippen LogP contribution in [-0.2, 0) is 11.3 Å². The molecule has 0 bridgehead atoms. The molecule has 0 aliphatic carbocycles. The van der Waals surface area contributed by atoms with Crippen molar-refractivity contribution in [2.45, 2.75) is 19.4 Å². The minimum atomic E-state index is -0.0750. The number of halogens is 3. The predicted molar refractivity (Wildman–Crippen MR) is 105 cm³/mol. The average Bonchev–Trinajstić information content (AvgIpc) is 2.65. The number of carbonyl (C=O) groups is 1. The Balaban J connectivity index is 1.64. The van der Waals surface area contributed by atoms with Gasteiger partial charge in [-0.1, -0.05) is 40.9 Å². The van der Waals surface area contributed by atoms with E-state index in [1.165, 1.54) is 0 Å². The van der Waals surface area contributed by atoms with E-state index in [-0.39, 0.29) is 11.8 Å². The number of aromatic nitrogens is 2. The lowest BCUT2D eigenvalue weighted by Crippen LogP contribution is -2.43. The summed E-state index contributed by atoms with van der Waals surface area (Å²) in [5.74, 6) is 0.788. The summed E-state index contributed by atoms with van der Waals surface area (Å²) in [6.07, 6.45) is 1.80. The number of benzene rings is 1. The molecule has 2 heterocycles. The summed E-state index contributed by atoms with van der Waals surface area (Å²) in [5, 5.41) is 9.37. The van der Waals surface area contributed by atoms with Crippen LogP contribution >= 0.6 is 34.8 Å². The fourth-order valence-electron chi connectivity index (χ4n) is 3.17. The topological polar surface area (TPSA) is 49.3 Å². The predicted octanol–water partition coefficient (Wildman–Crippen LogP) is 4.31. The number of hydrogen-bond acceptors (Lipinski definition) is 4. The van der Waals surface area contributed by atoms with Gasteiger partial charge in [0.1, 0.15) is 0 Å². The average molecular weight is 414 g/mol. The van der Waals surface area contributed by atoms with E-state index in [4.69, 9.17) is 34.8 Å². The molecule has 0 N–H and O–H groups in total. The van der Waals surface area contributed by atoms with Crippen molar-refractivity contribution in [3.63, 3.8) is 0 Å². The van der Waals surface area contributed by atoms with E-state index in [2.05, 4.69) is 15.1 Å². The largest absolute Gasteiger partial charge is 0.354 e. The van der Waals surface area contributed by atoms with Crippen molar-refractivity contribution in [1.82, 2.24) is 15.1 Å². The normalized spacial score (nSPS) is 17.2. The Morgan fingerprint density at radius 2 is 2.00 bits per heavy atom. The van der Waals surface area contributed by atoms with Gasteiger partial charge in [-0.15, -0.1) is 10.2 Å². The Morgan fingerprint density at radius 1 is 1.19 bits per heavy atom. The third kappa shape index (κ3) is 4.58. The molecule has 1 saturated heterocycles. The molecular formula is C18H19Cl3N4O. The van der Waals surface area contributed by atoms with Crippen LogP contribution in [0.5, 0.6) is 0 Å². The maximum Gasteiger partial charge on any atom is 0.227 e. The van der Waals surface area contributed by atoms with Crippen molar-refractivity contribution in [3.8, 4) is 0 Å². The Kier molecular flexibility index (Phi) is 6.22. The molecule has 138 valence electrons. The number of amides is 1. The van der Waals surface area contributed by atoms with E-state index in [1.807, 2.05) is 19.2 Å². The Labute approximate surface area is 167 Å². The monoisotopic (exact) mass is 412 g/mol. The van der Waals surface area contributed by atoms with Crippen LogP contribution in [0.3, 0.4) is 0 Å². The summed E-state index contributed by atoms with van der Waals surface area (Å²) in [6.45, 7) is 1.98. The van der Waals surface area contributed by atoms with Crippen LogP contribution in [0, 0.1) is 5.92 Å². The molecule has 1 unspecified atom stereocenters. The first-order valence-electron chi connectivity index (χ1n) is 8.37. The molecule has 1 aliphatic heterocycles. The fourth-order valence-corrected chi connectivity index (χ4v) is 3.59. The Morgan fingerprint density at radius 3 is 2.69 bits per heavy atom. The van der Waals surface area contributed by atoms with Crippen LogP contribution in [0.4, 0.5) is 5.82 Å². The summed E-state index contributed by atoms with van der Waals surface area (Å²) in [4.78, 5) is 16.7. The summed E-state index contributed by atoms with van der Waals surface area (Å²) in [6, 6.07) is 8.98. The molecule has 0 radical (unpaired) electrons. The zero-order valence-corrected chi connectivity index (χ0v) is 16.6. The SMILES string of the molecule is CN(Cc1ccc(Cl)c(Cl)c1)C(=O)C1CCCN(c2ccc(Cl)nn2)C1. The van der Waals surface area contributed by atoms with Crippen LogP contribution in [0.15, 0.2) is 30.3 Å². The molecule has 3 rings (SSSR count). The number of rotatable bonds is 4. The highest BCUT2D eigenvalue weighted by atomic mass is 35.5. The second-order valence-corrected chi connectivity index (χ2v) is 7.64. The minimum absolute atomic E-state index is 0.0750. The van der Waals surface area contributed by atoms with Gasteiger partial charge in [-0.25, -0.2) is 0 Å². The van der Waals surface area contributed by atoms with Crippen LogP contribution < -0.4 is 4.90 Å². The van der Waals surface area contributed by atoms with Crippen molar-refractivity contribution in [2.75, 3.05) is 25.0 Å². The van der Waals surface area contributed by atoms with Crippen LogP contribution in [0.1, 0.15) is 18.4 Å². The third-order valence-corrected chi connectivity index (χ3v) is 5.43. The number of hydrogen-bond donors (Lipinski definition) is 0. The van der Waals surface area contributed by atoms with E-state index in [9.17, 15) is 4.79 Å². The molecule has 1 atom stereocenters. The van der Waals surface area contributed by atoms with Crippen molar-refractivity contribution in [1.29, 1.82) is 0 Å². The van der Waals surface area contributed by atoms with Crippen LogP contribution in [0.2, 0.25) is 15.2 Å². The standard InChI is InChI=1S/C18H19Cl3N4O/c1-24(10-12-4-5-14(19)15(20)9-12)18(26)13-3-2-8-25(11-13)17-7-6-16(21)22-23-17/h4-7,9,13H,2-3,8,10-11H2,1H3. The van der Waals surface area contributed by atoms with E-state index >= 15 is 0 Å². The molecule has 1 aromatic carbocycles. The smallest absolute Gasteiger partial charge is 0.227 e. The highest BCUT2D eigenvalue weighted by Crippen LogP contribution is 2.25. The summed E-state index contributed by atoms with van der Waals surface area (Å²) < 4.78 is 0. The maximum atomic E-state index is 12.9. The van der Waals surface area contributed by atoms with Gasteiger partial charge in [-0.2, -0.15) is 0 Å². The lowest BCUT2D eigenvalue weighted by molar-refractivity contribution is -0.135. The Hall–Kier alpha value is -1.56. The first-order chi connectivity index (χ1) is 12.4. The molecule has 8 heteroatoms. The number of piperidine rings is 1. The van der Waals surface area contributed by atoms with Gasteiger partial charge in [0.15, 0.2) is 11.0 Å². The van der Waals surface area contributed by atoms with E-state index < -0.39 is 0 Å². The van der Waals surface area contributed by atoms with E-state index in [1.54, 1.807) is 23.1 Å². The molecular weight excluding hydrogens is 395 g/mol. The zero-order valence-electron chi connectivity index (χ0n) is 14.3. The zero-order chi connectivity index (χ0) is 18.7. The van der Waals surface area contributed by atoms with E-state index in [0.717, 1.165) is 30.8 Å². The molecule has 1 aromatic heterocycles. The van der Waals surface area contributed by atoms with Gasteiger partial charge in [0.05, 0.1) is 16.0 Å². The molecule has 5 nitrogen and oxygen atoms in total. The molecule has 1 fully saturated rings. The molecule has 2 aromatic rings. The van der Waals surface area contributed by atoms with Gasteiger partial charge in [0.2, 0.25) is 5.91 Å². The summed E-state index contributed by atoms with van der Waals surface area (Å²) >= 11 is 17.8. The second-order valence-electron chi connectivity index (χ2n) is 6.44. The van der Waals surface area contributed by atoms with Gasteiger partial charge >= 0.3 is 0 Å².